The molecular formula is C15H23F2NO. The highest BCUT2D eigenvalue weighted by Crippen LogP contribution is 2.32. The van der Waals surface area contributed by atoms with E-state index in [1.54, 1.807) is 6.07 Å². The van der Waals surface area contributed by atoms with Crippen LogP contribution in [-0.2, 0) is 4.74 Å². The van der Waals surface area contributed by atoms with Crippen molar-refractivity contribution in [1.29, 1.82) is 0 Å². The molecule has 1 aromatic rings. The van der Waals surface area contributed by atoms with Crippen molar-refractivity contribution in [3.8, 4) is 0 Å². The lowest BCUT2D eigenvalue weighted by Crippen LogP contribution is -2.43. The first-order valence-electron chi connectivity index (χ1n) is 6.80. The van der Waals surface area contributed by atoms with Crippen molar-refractivity contribution in [3.63, 3.8) is 0 Å². The third-order valence-corrected chi connectivity index (χ3v) is 3.47. The van der Waals surface area contributed by atoms with E-state index in [2.05, 4.69) is 5.32 Å². The lowest BCUT2D eigenvalue weighted by Gasteiger charge is -2.37. The van der Waals surface area contributed by atoms with Gasteiger partial charge in [-0.25, -0.2) is 8.78 Å². The fraction of sp³-hybridized carbons (Fsp3) is 0.600. The van der Waals surface area contributed by atoms with E-state index >= 15 is 0 Å². The summed E-state index contributed by atoms with van der Waals surface area (Å²) in [4.78, 5) is 0. The van der Waals surface area contributed by atoms with Crippen LogP contribution in [-0.4, -0.2) is 18.8 Å². The van der Waals surface area contributed by atoms with E-state index < -0.39 is 17.2 Å². The normalized spacial score (nSPS) is 16.1. The van der Waals surface area contributed by atoms with Crippen molar-refractivity contribution in [2.75, 3.05) is 13.2 Å². The average molecular weight is 271 g/mol. The van der Waals surface area contributed by atoms with Crippen LogP contribution >= 0.6 is 0 Å². The second kappa shape index (κ2) is 6.96. The summed E-state index contributed by atoms with van der Waals surface area (Å²) in [5.41, 5.74) is 0.258. The molecule has 0 spiro atoms. The smallest absolute Gasteiger partial charge is 0.159 e. The Morgan fingerprint density at radius 3 is 2.37 bits per heavy atom. The SMILES string of the molecule is CCNC(c1ccc(F)c(F)c1)C(C)(CC)OCC. The summed E-state index contributed by atoms with van der Waals surface area (Å²) in [7, 11) is 0. The molecule has 0 radical (unpaired) electrons. The molecule has 0 aliphatic heterocycles. The predicted molar refractivity (Wildman–Crippen MR) is 73.1 cm³/mol. The van der Waals surface area contributed by atoms with E-state index in [4.69, 9.17) is 4.74 Å². The molecule has 2 nitrogen and oxygen atoms in total. The van der Waals surface area contributed by atoms with Gasteiger partial charge in [-0.3, -0.25) is 0 Å². The highest BCUT2D eigenvalue weighted by molar-refractivity contribution is 5.24. The van der Waals surface area contributed by atoms with Crippen molar-refractivity contribution in [3.05, 3.63) is 35.4 Å². The van der Waals surface area contributed by atoms with Crippen molar-refractivity contribution in [1.82, 2.24) is 5.32 Å². The van der Waals surface area contributed by atoms with Crippen molar-refractivity contribution in [2.24, 2.45) is 0 Å². The Morgan fingerprint density at radius 2 is 1.89 bits per heavy atom. The minimum atomic E-state index is -0.825. The summed E-state index contributed by atoms with van der Waals surface area (Å²) in [5, 5.41) is 3.31. The molecule has 0 amide bonds. The van der Waals surface area contributed by atoms with E-state index in [9.17, 15) is 8.78 Å². The van der Waals surface area contributed by atoms with Crippen molar-refractivity contribution >= 4 is 0 Å². The molecule has 0 bridgehead atoms. The van der Waals surface area contributed by atoms with Crippen LogP contribution in [0.15, 0.2) is 18.2 Å². The molecule has 0 saturated carbocycles. The maximum Gasteiger partial charge on any atom is 0.159 e. The summed E-state index contributed by atoms with van der Waals surface area (Å²) >= 11 is 0. The monoisotopic (exact) mass is 271 g/mol. The van der Waals surface area contributed by atoms with Crippen LogP contribution in [0.25, 0.3) is 0 Å². The molecule has 1 aromatic carbocycles. The van der Waals surface area contributed by atoms with Gasteiger partial charge in [0.2, 0.25) is 0 Å². The van der Waals surface area contributed by atoms with Crippen LogP contribution in [0.2, 0.25) is 0 Å². The molecule has 0 saturated heterocycles. The van der Waals surface area contributed by atoms with E-state index in [1.807, 2.05) is 27.7 Å². The van der Waals surface area contributed by atoms with Crippen LogP contribution in [0.3, 0.4) is 0 Å². The maximum absolute atomic E-state index is 13.4. The molecule has 1 N–H and O–H groups in total. The number of rotatable bonds is 7. The number of nitrogens with one attached hydrogen (secondary N) is 1. The fourth-order valence-corrected chi connectivity index (χ4v) is 2.30. The summed E-state index contributed by atoms with van der Waals surface area (Å²) in [6.45, 7) is 9.24. The van der Waals surface area contributed by atoms with Gasteiger partial charge in [0.25, 0.3) is 0 Å². The van der Waals surface area contributed by atoms with Crippen molar-refractivity contribution in [2.45, 2.75) is 45.8 Å². The average Bonchev–Trinajstić information content (AvgIpc) is 2.39. The van der Waals surface area contributed by atoms with Gasteiger partial charge < -0.3 is 10.1 Å². The van der Waals surface area contributed by atoms with Gasteiger partial charge in [0.05, 0.1) is 11.6 Å². The molecule has 4 heteroatoms. The van der Waals surface area contributed by atoms with E-state index in [-0.39, 0.29) is 6.04 Å². The lowest BCUT2D eigenvalue weighted by molar-refractivity contribution is -0.0560. The second-order valence-corrected chi connectivity index (χ2v) is 4.76. The molecule has 0 aliphatic carbocycles. The highest BCUT2D eigenvalue weighted by Gasteiger charge is 2.34. The largest absolute Gasteiger partial charge is 0.374 e. The van der Waals surface area contributed by atoms with Gasteiger partial charge in [-0.2, -0.15) is 0 Å². The topological polar surface area (TPSA) is 21.3 Å². The third-order valence-electron chi connectivity index (χ3n) is 3.47. The molecule has 2 unspecified atom stereocenters. The van der Waals surface area contributed by atoms with Gasteiger partial charge in [0.15, 0.2) is 11.6 Å². The minimum Gasteiger partial charge on any atom is -0.374 e. The fourth-order valence-electron chi connectivity index (χ4n) is 2.30. The molecule has 108 valence electrons. The number of ether oxygens (including phenoxy) is 1. The standard InChI is InChI=1S/C15H23F2NO/c1-5-15(4,19-7-3)14(18-6-2)11-8-9-12(16)13(17)10-11/h8-10,14,18H,5-7H2,1-4H3. The Labute approximate surface area is 114 Å². The van der Waals surface area contributed by atoms with Crippen LogP contribution in [0, 0.1) is 11.6 Å². The molecule has 0 aromatic heterocycles. The Morgan fingerprint density at radius 1 is 1.21 bits per heavy atom. The van der Waals surface area contributed by atoms with Gasteiger partial charge in [0.1, 0.15) is 0 Å². The van der Waals surface area contributed by atoms with E-state index in [0.29, 0.717) is 12.2 Å². The Balaban J connectivity index is 3.14. The minimum absolute atomic E-state index is 0.169. The number of hydrogen-bond donors (Lipinski definition) is 1. The Bertz CT molecular complexity index is 411. The summed E-state index contributed by atoms with van der Waals surface area (Å²) in [6, 6.07) is 3.85. The number of benzene rings is 1. The zero-order valence-electron chi connectivity index (χ0n) is 12.1. The van der Waals surface area contributed by atoms with Crippen LogP contribution < -0.4 is 5.32 Å². The Hall–Kier alpha value is -1.00. The number of halogens is 2. The zero-order chi connectivity index (χ0) is 14.5. The van der Waals surface area contributed by atoms with E-state index in [0.717, 1.165) is 19.0 Å². The molecule has 19 heavy (non-hydrogen) atoms. The molecule has 1 rings (SSSR count). The lowest BCUT2D eigenvalue weighted by atomic mass is 9.87. The van der Waals surface area contributed by atoms with Gasteiger partial charge in [0, 0.05) is 6.61 Å². The number of hydrogen-bond acceptors (Lipinski definition) is 2. The van der Waals surface area contributed by atoms with Crippen molar-refractivity contribution < 1.29 is 13.5 Å². The van der Waals surface area contributed by atoms with E-state index in [1.165, 1.54) is 6.07 Å². The van der Waals surface area contributed by atoms with Gasteiger partial charge in [-0.05, 0) is 44.5 Å². The molecular weight excluding hydrogens is 248 g/mol. The van der Waals surface area contributed by atoms with Gasteiger partial charge in [-0.1, -0.05) is 19.9 Å². The quantitative estimate of drug-likeness (QED) is 0.814. The molecule has 2 atom stereocenters. The molecule has 0 aliphatic rings. The molecule has 0 heterocycles. The van der Waals surface area contributed by atoms with Crippen LogP contribution in [0.4, 0.5) is 8.78 Å². The highest BCUT2D eigenvalue weighted by atomic mass is 19.2. The number of likely N-dealkylation sites (N-methyl/N-ethyl adjacent to an activating group) is 1. The second-order valence-electron chi connectivity index (χ2n) is 4.76. The third kappa shape index (κ3) is 3.74. The predicted octanol–water partition coefficient (Wildman–Crippen LogP) is 3.82. The maximum atomic E-state index is 13.4. The first kappa shape index (κ1) is 16.1. The van der Waals surface area contributed by atoms with Gasteiger partial charge >= 0.3 is 0 Å². The first-order valence-corrected chi connectivity index (χ1v) is 6.80. The van der Waals surface area contributed by atoms with Crippen LogP contribution in [0.5, 0.6) is 0 Å². The summed E-state index contributed by atoms with van der Waals surface area (Å²) < 4.78 is 32.3. The Kier molecular flexibility index (Phi) is 5.88. The zero-order valence-corrected chi connectivity index (χ0v) is 12.1. The molecule has 0 fully saturated rings. The summed E-state index contributed by atoms with van der Waals surface area (Å²) in [5.74, 6) is -1.65. The van der Waals surface area contributed by atoms with Gasteiger partial charge in [-0.15, -0.1) is 0 Å². The first-order chi connectivity index (χ1) is 8.98. The summed E-state index contributed by atoms with van der Waals surface area (Å²) in [6.07, 6.45) is 0.775. The van der Waals surface area contributed by atoms with Crippen LogP contribution in [0.1, 0.15) is 45.7 Å².